The maximum absolute atomic E-state index is 14.8. The fraction of sp³-hybridized carbons (Fsp3) is 0.647. The Morgan fingerprint density at radius 1 is 0.612 bits per heavy atom. The van der Waals surface area contributed by atoms with Crippen molar-refractivity contribution >= 4 is 118 Å². The number of halogens is 3. The van der Waals surface area contributed by atoms with Gasteiger partial charge in [0.15, 0.2) is 36.8 Å². The Kier molecular flexibility index (Phi) is 27.1. The lowest BCUT2D eigenvalue weighted by molar-refractivity contribution is -0.379. The minimum atomic E-state index is -3.18. The van der Waals surface area contributed by atoms with Gasteiger partial charge in [-0.3, -0.25) is 47.9 Å². The summed E-state index contributed by atoms with van der Waals surface area (Å²) in [7, 11) is 0.827. The molecular formula is C51H65Cl3N2O28S. The van der Waals surface area contributed by atoms with Gasteiger partial charge in [-0.25, -0.2) is 9.59 Å². The summed E-state index contributed by atoms with van der Waals surface area (Å²) in [5.74, 6) is -15.0. The van der Waals surface area contributed by atoms with Crippen molar-refractivity contribution in [2.75, 3.05) is 33.5 Å². The number of carbonyl (C=O) groups is 12. The molecule has 0 unspecified atom stereocenters. The molecule has 2 N–H and O–H groups in total. The first-order chi connectivity index (χ1) is 39.7. The number of hydrogen-bond donors (Lipinski definition) is 2. The van der Waals surface area contributed by atoms with E-state index in [1.54, 1.807) is 30.3 Å². The van der Waals surface area contributed by atoms with Crippen LogP contribution in [0.2, 0.25) is 0 Å². The lowest BCUT2D eigenvalue weighted by Crippen LogP contribution is -2.72. The van der Waals surface area contributed by atoms with Crippen LogP contribution in [0, 0.1) is 0 Å². The fourth-order valence-corrected chi connectivity index (χ4v) is 10.3. The maximum Gasteiger partial charge on any atom is 0.407 e. The number of methoxy groups -OCH3 is 1. The SMILES string of the molecule is COC(=O)[C@@]1(O[C@H]2[C@@H](OC(C)=O)[C@@H](COC(C)=O)O[C@@H](O[C@H]3[C@H](OC(C)=O)[C@@H](NC(=O)OCC(Cl)(Cl)Cl)[C@H](Sc4ccccc4)O[C@@H]3COC(C)=O)[C@@H]2OC(C)=O)C[C@H](OC(C)=O)[C@@H](NC(C)=O)[C@@H]([C@H](OC(C)=O)[C@@H](COC(C)=O)OC(C)=O)O1. The number of benzene rings is 1. The van der Waals surface area contributed by atoms with E-state index >= 15 is 0 Å². The monoisotopic (exact) mass is 1290 g/mol. The highest BCUT2D eigenvalue weighted by atomic mass is 35.6. The Balaban J connectivity index is 2.10. The summed E-state index contributed by atoms with van der Waals surface area (Å²) in [6.45, 7) is 6.21. The molecule has 30 nitrogen and oxygen atoms in total. The Morgan fingerprint density at radius 2 is 1.15 bits per heavy atom. The summed E-state index contributed by atoms with van der Waals surface area (Å²) in [5, 5.41) is 5.04. The van der Waals surface area contributed by atoms with Crippen LogP contribution in [-0.2, 0) is 129 Å². The minimum absolute atomic E-state index is 0.507. The van der Waals surface area contributed by atoms with Crippen molar-refractivity contribution in [3.05, 3.63) is 30.3 Å². The first-order valence-electron chi connectivity index (χ1n) is 25.6. The van der Waals surface area contributed by atoms with E-state index in [1.165, 1.54) is 0 Å². The molecular weight excluding hydrogens is 1230 g/mol. The lowest BCUT2D eigenvalue weighted by atomic mass is 9.87. The highest BCUT2D eigenvalue weighted by Crippen LogP contribution is 2.43. The van der Waals surface area contributed by atoms with Crippen molar-refractivity contribution in [2.45, 2.75) is 181 Å². The maximum atomic E-state index is 14.8. The van der Waals surface area contributed by atoms with Crippen LogP contribution in [0.4, 0.5) is 4.79 Å². The molecule has 3 heterocycles. The van der Waals surface area contributed by atoms with Gasteiger partial charge in [0, 0.05) is 74.1 Å². The number of ether oxygens (including phenoxy) is 16. The Hall–Kier alpha value is -6.32. The minimum Gasteiger partial charge on any atom is -0.465 e. The highest BCUT2D eigenvalue weighted by Gasteiger charge is 2.64. The van der Waals surface area contributed by atoms with Crippen molar-refractivity contribution in [3.63, 3.8) is 0 Å². The topological polar surface area (TPSA) is 377 Å². The smallest absolute Gasteiger partial charge is 0.407 e. The van der Waals surface area contributed by atoms with Crippen LogP contribution in [0.5, 0.6) is 0 Å². The summed E-state index contributed by atoms with van der Waals surface area (Å²) in [6, 6.07) is 5.03. The lowest BCUT2D eigenvalue weighted by Gasteiger charge is -2.52. The standard InChI is InChI=1S/C51H65Cl3N2O28S/c1-22(57)55-37-33(74-26(5)61)17-50(48(67)69-11,83-43(37)40(76-28(7)63)34(75-27(6)62)18-70-23(2)58)84-44-41(77-29(8)64)35(19-71-24(3)59)80-46(45(44)79-31(10)66)82-39-36(20-72-25(4)60)81-47(85-32-15-13-12-14-16-32)38(42(39)78-30(9)65)56-49(68)73-21-51(52,53)54/h12-16,33-47H,17-21H2,1-11H3,(H,55,57)(H,56,68)/t33-,34+,35+,36+,37+,38+,39+,40+,41-,42+,43-,44-,45+,46-,47-,50-/m0/s1. The average molecular weight is 1290 g/mol. The molecule has 2 amide bonds. The van der Waals surface area contributed by atoms with Gasteiger partial charge in [0.05, 0.1) is 19.6 Å². The molecule has 85 heavy (non-hydrogen) atoms. The molecule has 0 aromatic heterocycles. The van der Waals surface area contributed by atoms with Crippen LogP contribution in [0.3, 0.4) is 0 Å². The Morgan fingerprint density at radius 3 is 1.66 bits per heavy atom. The molecule has 3 aliphatic heterocycles. The van der Waals surface area contributed by atoms with Crippen LogP contribution in [-0.4, -0.2) is 206 Å². The molecule has 0 spiro atoms. The van der Waals surface area contributed by atoms with Gasteiger partial charge in [0.25, 0.3) is 5.79 Å². The predicted octanol–water partition coefficient (Wildman–Crippen LogP) is 1.91. The largest absolute Gasteiger partial charge is 0.465 e. The number of esters is 10. The zero-order chi connectivity index (χ0) is 63.7. The number of alkyl carbamates (subject to hydrolysis) is 1. The van der Waals surface area contributed by atoms with Gasteiger partial charge in [-0.1, -0.05) is 64.8 Å². The van der Waals surface area contributed by atoms with Crippen LogP contribution in [0.15, 0.2) is 35.2 Å². The van der Waals surface area contributed by atoms with Gasteiger partial charge in [0.2, 0.25) is 9.70 Å². The van der Waals surface area contributed by atoms with Crippen LogP contribution >= 0.6 is 46.6 Å². The summed E-state index contributed by atoms with van der Waals surface area (Å²) < 4.78 is 91.4. The van der Waals surface area contributed by atoms with Crippen LogP contribution < -0.4 is 10.6 Å². The van der Waals surface area contributed by atoms with Crippen molar-refractivity contribution < 1.29 is 133 Å². The van der Waals surface area contributed by atoms with E-state index in [-0.39, 0.29) is 0 Å². The first-order valence-corrected chi connectivity index (χ1v) is 27.6. The Bertz CT molecular complexity index is 2580. The molecule has 16 atom stereocenters. The molecule has 4 rings (SSSR count). The number of thioether (sulfide) groups is 1. The number of amides is 2. The predicted molar refractivity (Wildman–Crippen MR) is 283 cm³/mol. The summed E-state index contributed by atoms with van der Waals surface area (Å²) in [4.78, 5) is 158. The van der Waals surface area contributed by atoms with Crippen molar-refractivity contribution in [2.24, 2.45) is 0 Å². The molecule has 3 saturated heterocycles. The van der Waals surface area contributed by atoms with Crippen molar-refractivity contribution in [1.29, 1.82) is 0 Å². The van der Waals surface area contributed by atoms with E-state index in [1.807, 2.05) is 0 Å². The fourth-order valence-electron chi connectivity index (χ4n) is 8.95. The number of carbonyl (C=O) groups excluding carboxylic acids is 12. The third-order valence-electron chi connectivity index (χ3n) is 11.8. The second-order valence-corrected chi connectivity index (χ2v) is 22.5. The van der Waals surface area contributed by atoms with E-state index in [0.29, 0.717) is 4.90 Å². The third-order valence-corrected chi connectivity index (χ3v) is 13.3. The van der Waals surface area contributed by atoms with Gasteiger partial charge in [-0.2, -0.15) is 0 Å². The van der Waals surface area contributed by atoms with E-state index in [9.17, 15) is 57.5 Å². The molecule has 3 fully saturated rings. The second kappa shape index (κ2) is 32.4. The van der Waals surface area contributed by atoms with E-state index in [2.05, 4.69) is 10.6 Å². The normalized spacial score (nSPS) is 28.0. The zero-order valence-electron chi connectivity index (χ0n) is 47.6. The molecule has 0 aliphatic carbocycles. The van der Waals surface area contributed by atoms with E-state index in [0.717, 1.165) is 88.1 Å². The van der Waals surface area contributed by atoms with Gasteiger partial charge < -0.3 is 86.4 Å². The van der Waals surface area contributed by atoms with Crippen LogP contribution in [0.25, 0.3) is 0 Å². The molecule has 1 aromatic carbocycles. The average Bonchev–Trinajstić information content (AvgIpc) is 1.71. The number of rotatable bonds is 24. The molecule has 1 aromatic rings. The quantitative estimate of drug-likeness (QED) is 0.0848. The Labute approximate surface area is 505 Å². The molecule has 34 heteroatoms. The van der Waals surface area contributed by atoms with Crippen molar-refractivity contribution in [1.82, 2.24) is 10.6 Å². The molecule has 3 aliphatic rings. The van der Waals surface area contributed by atoms with Crippen LogP contribution in [0.1, 0.15) is 75.7 Å². The van der Waals surface area contributed by atoms with Gasteiger partial charge in [-0.05, 0) is 12.1 Å². The second-order valence-electron chi connectivity index (χ2n) is 18.8. The highest BCUT2D eigenvalue weighted by molar-refractivity contribution is 7.99. The van der Waals surface area contributed by atoms with Gasteiger partial charge in [-0.15, -0.1) is 0 Å². The molecule has 474 valence electrons. The van der Waals surface area contributed by atoms with E-state index in [4.69, 9.17) is 111 Å². The van der Waals surface area contributed by atoms with E-state index < -0.39 is 205 Å². The molecule has 0 radical (unpaired) electrons. The first kappa shape index (κ1) is 71.2. The van der Waals surface area contributed by atoms with Gasteiger partial charge in [0.1, 0.15) is 74.5 Å². The summed E-state index contributed by atoms with van der Waals surface area (Å²) >= 11 is 18.6. The number of hydrogen-bond acceptors (Lipinski definition) is 29. The van der Waals surface area contributed by atoms with Gasteiger partial charge >= 0.3 is 65.8 Å². The zero-order valence-corrected chi connectivity index (χ0v) is 50.6. The summed E-state index contributed by atoms with van der Waals surface area (Å²) in [6.07, 6.45) is -26.3. The molecule has 0 bridgehead atoms. The number of alkyl halides is 3. The molecule has 0 saturated carbocycles. The third kappa shape index (κ3) is 22.2. The van der Waals surface area contributed by atoms with Crippen molar-refractivity contribution in [3.8, 4) is 0 Å². The summed E-state index contributed by atoms with van der Waals surface area (Å²) in [5.41, 5.74) is -1.33. The number of nitrogens with one attached hydrogen (secondary N) is 2.